The van der Waals surface area contributed by atoms with E-state index in [1.54, 1.807) is 47.9 Å². The molecule has 4 aromatic rings. The summed E-state index contributed by atoms with van der Waals surface area (Å²) in [6.45, 7) is 4.74. The summed E-state index contributed by atoms with van der Waals surface area (Å²) in [6.07, 6.45) is 3.08. The molecule has 2 aromatic heterocycles. The van der Waals surface area contributed by atoms with E-state index in [0.29, 0.717) is 41.2 Å². The summed E-state index contributed by atoms with van der Waals surface area (Å²) in [5.41, 5.74) is 0.840. The van der Waals surface area contributed by atoms with Gasteiger partial charge in [-0.1, -0.05) is 30.3 Å². The summed E-state index contributed by atoms with van der Waals surface area (Å²) in [6, 6.07) is 11.5. The number of piperazine rings is 1. The highest BCUT2D eigenvalue weighted by molar-refractivity contribution is 7.12. The lowest BCUT2D eigenvalue weighted by Gasteiger charge is -2.35. The number of nitrogens with zero attached hydrogens (tertiary/aromatic N) is 2. The normalized spacial score (nSPS) is 17.0. The molecule has 2 atom stereocenters. The summed E-state index contributed by atoms with van der Waals surface area (Å²) in [5.74, 6) is -2.82. The smallest absolute Gasteiger partial charge is 0.346 e. The molecule has 2 fully saturated rings. The molecular formula is C34H34FN3O7S. The van der Waals surface area contributed by atoms with Gasteiger partial charge in [-0.15, -0.1) is 11.3 Å². The Balaban J connectivity index is 1.18. The first kappa shape index (κ1) is 31.4. The number of esters is 2. The fourth-order valence-electron chi connectivity index (χ4n) is 5.81. The average Bonchev–Trinajstić information content (AvgIpc) is 3.76. The van der Waals surface area contributed by atoms with Crippen LogP contribution in [0, 0.1) is 5.82 Å². The summed E-state index contributed by atoms with van der Waals surface area (Å²) in [5, 5.41) is 5.18. The molecule has 0 spiro atoms. The van der Waals surface area contributed by atoms with Gasteiger partial charge in [0.15, 0.2) is 11.6 Å². The first-order valence-corrected chi connectivity index (χ1v) is 16.0. The number of hydrogen-bond acceptors (Lipinski definition) is 10. The highest BCUT2D eigenvalue weighted by Crippen LogP contribution is 2.43. The molecule has 2 unspecified atom stereocenters. The van der Waals surface area contributed by atoms with Gasteiger partial charge in [0.25, 0.3) is 0 Å². The van der Waals surface area contributed by atoms with Crippen molar-refractivity contribution in [2.45, 2.75) is 44.7 Å². The maximum atomic E-state index is 15.7. The minimum absolute atomic E-state index is 0.00857. The lowest BCUT2D eigenvalue weighted by atomic mass is 9.99. The van der Waals surface area contributed by atoms with Crippen LogP contribution in [0.1, 0.15) is 69.8 Å². The largest absolute Gasteiger partial charge is 0.492 e. The summed E-state index contributed by atoms with van der Waals surface area (Å²) >= 11 is 1.35. The van der Waals surface area contributed by atoms with Gasteiger partial charge in [-0.3, -0.25) is 14.4 Å². The van der Waals surface area contributed by atoms with Crippen molar-refractivity contribution < 1.29 is 33.0 Å². The van der Waals surface area contributed by atoms with Crippen LogP contribution in [-0.4, -0.2) is 61.9 Å². The first-order chi connectivity index (χ1) is 22.2. The fraction of sp³-hybridized carbons (Fsp3) is 0.353. The van der Waals surface area contributed by atoms with E-state index in [9.17, 15) is 19.2 Å². The van der Waals surface area contributed by atoms with E-state index < -0.39 is 35.9 Å². The van der Waals surface area contributed by atoms with Crippen LogP contribution in [0.5, 0.6) is 5.75 Å². The third-order valence-corrected chi connectivity index (χ3v) is 9.28. The molecule has 1 saturated carbocycles. The number of anilines is 1. The molecule has 240 valence electrons. The molecule has 2 aromatic carbocycles. The van der Waals surface area contributed by atoms with Crippen LogP contribution >= 0.6 is 11.3 Å². The molecule has 46 heavy (non-hydrogen) atoms. The van der Waals surface area contributed by atoms with Gasteiger partial charge in [0.1, 0.15) is 11.3 Å². The molecule has 1 aliphatic heterocycles. The Labute approximate surface area is 268 Å². The number of halogens is 1. The van der Waals surface area contributed by atoms with Gasteiger partial charge < -0.3 is 29.0 Å². The molecule has 1 saturated heterocycles. The van der Waals surface area contributed by atoms with Crippen LogP contribution in [0.4, 0.5) is 10.1 Å². The van der Waals surface area contributed by atoms with E-state index in [1.165, 1.54) is 30.7 Å². The Morgan fingerprint density at radius 2 is 1.89 bits per heavy atom. The van der Waals surface area contributed by atoms with E-state index in [1.807, 2.05) is 17.2 Å². The number of carbonyl (C=O) groups is 3. The Hall–Kier alpha value is -4.55. The molecule has 10 nitrogen and oxygen atoms in total. The quantitative estimate of drug-likeness (QED) is 0.144. The molecule has 1 aliphatic carbocycles. The highest BCUT2D eigenvalue weighted by atomic mass is 32.1. The van der Waals surface area contributed by atoms with Gasteiger partial charge in [-0.2, -0.15) is 0 Å². The monoisotopic (exact) mass is 647 g/mol. The molecule has 0 bridgehead atoms. The SMILES string of the molecule is COc1c(N2CCNC(C)C2)c(F)cc2c(=O)c(C(=O)OCOC(=O)C(C)c3ccc(C(=O)c4cccs4)cc3)cn(C3CC3)c12. The lowest BCUT2D eigenvalue weighted by Crippen LogP contribution is -2.49. The predicted molar refractivity (Wildman–Crippen MR) is 172 cm³/mol. The average molecular weight is 648 g/mol. The molecule has 2 aliphatic rings. The molecule has 3 heterocycles. The van der Waals surface area contributed by atoms with Crippen LogP contribution in [0.3, 0.4) is 0 Å². The number of hydrogen-bond donors (Lipinski definition) is 1. The van der Waals surface area contributed by atoms with Gasteiger partial charge in [0.05, 0.1) is 28.8 Å². The second-order valence-corrected chi connectivity index (χ2v) is 12.6. The van der Waals surface area contributed by atoms with E-state index in [2.05, 4.69) is 5.32 Å². The van der Waals surface area contributed by atoms with Crippen molar-refractivity contribution >= 4 is 45.6 Å². The maximum Gasteiger partial charge on any atom is 0.346 e. The van der Waals surface area contributed by atoms with Gasteiger partial charge in [0.2, 0.25) is 18.0 Å². The minimum Gasteiger partial charge on any atom is -0.492 e. The second-order valence-electron chi connectivity index (χ2n) is 11.6. The van der Waals surface area contributed by atoms with Crippen molar-refractivity contribution in [3.8, 4) is 5.75 Å². The minimum atomic E-state index is -0.988. The van der Waals surface area contributed by atoms with Gasteiger partial charge in [-0.05, 0) is 49.8 Å². The van der Waals surface area contributed by atoms with Crippen molar-refractivity contribution in [2.24, 2.45) is 0 Å². The molecule has 12 heteroatoms. The zero-order valence-electron chi connectivity index (χ0n) is 25.7. The third-order valence-electron chi connectivity index (χ3n) is 8.41. The van der Waals surface area contributed by atoms with Crippen molar-refractivity contribution in [1.82, 2.24) is 9.88 Å². The predicted octanol–water partition coefficient (Wildman–Crippen LogP) is 5.04. The zero-order chi connectivity index (χ0) is 32.5. The summed E-state index contributed by atoms with van der Waals surface area (Å²) in [4.78, 5) is 54.5. The standard InChI is InChI=1S/C34H34FN3O7S/c1-19-16-37(13-12-36-19)29-26(35)15-24-28(32(29)43-3)38(23-10-11-23)17-25(31(24)40)34(42)45-18-44-33(41)20(2)21-6-8-22(9-7-21)30(39)27-5-4-14-46-27/h4-9,14-15,17,19-20,23,36H,10-13,16,18H2,1-3H3. The van der Waals surface area contributed by atoms with Gasteiger partial charge in [-0.25, -0.2) is 9.18 Å². The van der Waals surface area contributed by atoms with Crippen molar-refractivity contribution in [2.75, 3.05) is 38.4 Å². The first-order valence-electron chi connectivity index (χ1n) is 15.1. The Kier molecular flexibility index (Phi) is 8.92. The number of ether oxygens (including phenoxy) is 3. The fourth-order valence-corrected chi connectivity index (χ4v) is 6.49. The number of ketones is 1. The number of aromatic nitrogens is 1. The zero-order valence-corrected chi connectivity index (χ0v) is 26.5. The lowest BCUT2D eigenvalue weighted by molar-refractivity contribution is -0.153. The molecular weight excluding hydrogens is 613 g/mol. The highest BCUT2D eigenvalue weighted by Gasteiger charge is 2.32. The summed E-state index contributed by atoms with van der Waals surface area (Å²) < 4.78 is 33.6. The maximum absolute atomic E-state index is 15.7. The van der Waals surface area contributed by atoms with Crippen LogP contribution in [0.15, 0.2) is 58.8 Å². The van der Waals surface area contributed by atoms with E-state index >= 15 is 4.39 Å². The number of benzene rings is 2. The second kappa shape index (κ2) is 13.1. The Morgan fingerprint density at radius 3 is 2.54 bits per heavy atom. The van der Waals surface area contributed by atoms with Gasteiger partial charge >= 0.3 is 11.9 Å². The molecule has 0 amide bonds. The number of pyridine rings is 1. The van der Waals surface area contributed by atoms with Crippen LogP contribution < -0.4 is 20.4 Å². The van der Waals surface area contributed by atoms with E-state index in [4.69, 9.17) is 14.2 Å². The van der Waals surface area contributed by atoms with Crippen molar-refractivity contribution in [3.63, 3.8) is 0 Å². The van der Waals surface area contributed by atoms with Crippen LogP contribution in [-0.2, 0) is 14.3 Å². The van der Waals surface area contributed by atoms with Gasteiger partial charge in [0, 0.05) is 43.5 Å². The van der Waals surface area contributed by atoms with Crippen LogP contribution in [0.2, 0.25) is 0 Å². The Bertz CT molecular complexity index is 1850. The van der Waals surface area contributed by atoms with Crippen LogP contribution in [0.25, 0.3) is 10.9 Å². The number of carbonyl (C=O) groups excluding carboxylic acids is 3. The number of methoxy groups -OCH3 is 1. The number of thiophene rings is 1. The topological polar surface area (TPSA) is 116 Å². The number of fused-ring (bicyclic) bond motifs is 1. The van der Waals surface area contributed by atoms with Crippen molar-refractivity contribution in [1.29, 1.82) is 0 Å². The van der Waals surface area contributed by atoms with E-state index in [0.717, 1.165) is 12.8 Å². The van der Waals surface area contributed by atoms with E-state index in [-0.39, 0.29) is 40.3 Å². The number of nitrogens with one attached hydrogen (secondary N) is 1. The molecule has 6 rings (SSSR count). The third kappa shape index (κ3) is 6.14. The summed E-state index contributed by atoms with van der Waals surface area (Å²) in [7, 11) is 1.45. The van der Waals surface area contributed by atoms with Crippen molar-refractivity contribution in [3.05, 3.63) is 91.6 Å². The Morgan fingerprint density at radius 1 is 1.13 bits per heavy atom. The number of rotatable bonds is 10. The molecule has 1 N–H and O–H groups in total. The molecule has 0 radical (unpaired) electrons.